The zero-order valence-corrected chi connectivity index (χ0v) is 12.4. The number of esters is 1. The number of hydrogen-bond acceptors (Lipinski definition) is 6. The third-order valence-electron chi connectivity index (χ3n) is 2.82. The minimum absolute atomic E-state index is 0.0228. The number of methoxy groups -OCH3 is 1. The van der Waals surface area contributed by atoms with Gasteiger partial charge < -0.3 is 20.1 Å². The van der Waals surface area contributed by atoms with Crippen LogP contribution in [0.1, 0.15) is 41.6 Å². The van der Waals surface area contributed by atoms with Crippen LogP contribution in [0, 0.1) is 6.92 Å². The highest BCUT2D eigenvalue weighted by Gasteiger charge is 2.20. The fourth-order valence-electron chi connectivity index (χ4n) is 1.65. The number of aromatic amines is 1. The van der Waals surface area contributed by atoms with Crippen LogP contribution in [0.3, 0.4) is 0 Å². The molecule has 1 aromatic heterocycles. The highest BCUT2D eigenvalue weighted by molar-refractivity contribution is 5.95. The summed E-state index contributed by atoms with van der Waals surface area (Å²) in [4.78, 5) is 41.6. The lowest BCUT2D eigenvalue weighted by Gasteiger charge is -2.11. The average Bonchev–Trinajstić information content (AvgIpc) is 2.42. The largest absolute Gasteiger partial charge is 0.467 e. The molecule has 0 saturated heterocycles. The van der Waals surface area contributed by atoms with E-state index in [4.69, 9.17) is 0 Å². The molecule has 0 bridgehead atoms. The second-order valence-electron chi connectivity index (χ2n) is 4.82. The van der Waals surface area contributed by atoms with E-state index in [1.807, 2.05) is 13.8 Å². The first-order chi connectivity index (χ1) is 9.77. The van der Waals surface area contributed by atoms with Crippen molar-refractivity contribution >= 4 is 11.9 Å². The summed E-state index contributed by atoms with van der Waals surface area (Å²) in [5, 5.41) is 11.7. The van der Waals surface area contributed by atoms with E-state index in [0.29, 0.717) is 5.82 Å². The molecule has 1 unspecified atom stereocenters. The van der Waals surface area contributed by atoms with Gasteiger partial charge in [-0.15, -0.1) is 0 Å². The maximum absolute atomic E-state index is 11.9. The third kappa shape index (κ3) is 4.12. The van der Waals surface area contributed by atoms with Gasteiger partial charge in [0.1, 0.15) is 11.4 Å². The fraction of sp³-hybridized carbons (Fsp3) is 0.538. The summed E-state index contributed by atoms with van der Waals surface area (Å²) in [6, 6.07) is 0. The number of ether oxygens (including phenoxy) is 1. The molecule has 0 fully saturated rings. The topological polar surface area (TPSA) is 121 Å². The first-order valence-electron chi connectivity index (χ1n) is 6.42. The van der Waals surface area contributed by atoms with E-state index in [1.165, 1.54) is 0 Å². The number of aliphatic hydroxyl groups is 1. The van der Waals surface area contributed by atoms with Gasteiger partial charge in [0.2, 0.25) is 0 Å². The molecule has 8 nitrogen and oxygen atoms in total. The van der Waals surface area contributed by atoms with E-state index in [9.17, 15) is 19.5 Å². The Hall–Kier alpha value is -2.22. The van der Waals surface area contributed by atoms with Crippen molar-refractivity contribution in [1.29, 1.82) is 0 Å². The van der Waals surface area contributed by atoms with Crippen LogP contribution >= 0.6 is 0 Å². The van der Waals surface area contributed by atoms with Crippen LogP contribution in [0.2, 0.25) is 0 Å². The molecule has 1 atom stereocenters. The van der Waals surface area contributed by atoms with Crippen molar-refractivity contribution in [2.24, 2.45) is 0 Å². The minimum Gasteiger partial charge on any atom is -0.467 e. The predicted molar refractivity (Wildman–Crippen MR) is 74.0 cm³/mol. The van der Waals surface area contributed by atoms with Crippen molar-refractivity contribution in [2.45, 2.75) is 32.8 Å². The van der Waals surface area contributed by atoms with Crippen molar-refractivity contribution in [2.75, 3.05) is 13.7 Å². The molecule has 0 aliphatic carbocycles. The molecular weight excluding hydrogens is 278 g/mol. The Morgan fingerprint density at radius 2 is 2.05 bits per heavy atom. The molecule has 0 aliphatic heterocycles. The summed E-state index contributed by atoms with van der Waals surface area (Å²) in [6.07, 6.45) is -1.48. The van der Waals surface area contributed by atoms with Crippen molar-refractivity contribution in [3.8, 4) is 0 Å². The maximum atomic E-state index is 11.9. The van der Waals surface area contributed by atoms with Gasteiger partial charge in [0, 0.05) is 5.92 Å². The number of aryl methyl sites for hydroxylation is 1. The Morgan fingerprint density at radius 3 is 2.52 bits per heavy atom. The van der Waals surface area contributed by atoms with Gasteiger partial charge >= 0.3 is 5.97 Å². The van der Waals surface area contributed by atoms with Gasteiger partial charge in [0.25, 0.3) is 11.5 Å². The van der Waals surface area contributed by atoms with E-state index in [-0.39, 0.29) is 23.7 Å². The minimum atomic E-state index is -1.48. The normalized spacial score (nSPS) is 12.1. The molecule has 8 heteroatoms. The van der Waals surface area contributed by atoms with Gasteiger partial charge in [-0.05, 0) is 6.92 Å². The van der Waals surface area contributed by atoms with Crippen LogP contribution < -0.4 is 10.9 Å². The zero-order chi connectivity index (χ0) is 16.2. The number of carbonyl (C=O) groups excluding carboxylic acids is 2. The van der Waals surface area contributed by atoms with Crippen LogP contribution in [0.15, 0.2) is 4.79 Å². The van der Waals surface area contributed by atoms with Crippen LogP contribution in [0.5, 0.6) is 0 Å². The summed E-state index contributed by atoms with van der Waals surface area (Å²) >= 11 is 0. The van der Waals surface area contributed by atoms with E-state index < -0.39 is 23.5 Å². The Bertz CT molecular complexity index is 594. The summed E-state index contributed by atoms with van der Waals surface area (Å²) in [5.74, 6) is -1.06. The number of aliphatic hydroxyl groups excluding tert-OH is 1. The number of H-pyrrole nitrogens is 1. The molecule has 0 aromatic carbocycles. The van der Waals surface area contributed by atoms with E-state index in [0.717, 1.165) is 7.11 Å². The van der Waals surface area contributed by atoms with E-state index in [1.54, 1.807) is 6.92 Å². The number of rotatable bonds is 5. The molecular formula is C13H19N3O5. The zero-order valence-electron chi connectivity index (χ0n) is 12.4. The van der Waals surface area contributed by atoms with Gasteiger partial charge in [-0.3, -0.25) is 9.59 Å². The standard InChI is InChI=1S/C13H19N3O5/c1-6(2)10-15-7(3)9(12(19)16-10)11(18)14-5-8(17)13(20)21-4/h6,8,17H,5H2,1-4H3,(H,14,18)(H,15,16,19). The first kappa shape index (κ1) is 16.8. The van der Waals surface area contributed by atoms with Crippen LogP contribution in [0.4, 0.5) is 0 Å². The molecule has 0 saturated carbocycles. The van der Waals surface area contributed by atoms with Crippen LogP contribution in [0.25, 0.3) is 0 Å². The molecule has 21 heavy (non-hydrogen) atoms. The molecule has 0 aliphatic rings. The lowest BCUT2D eigenvalue weighted by atomic mass is 10.1. The second kappa shape index (κ2) is 6.98. The van der Waals surface area contributed by atoms with Gasteiger partial charge in [0.15, 0.2) is 6.10 Å². The monoisotopic (exact) mass is 297 g/mol. The van der Waals surface area contributed by atoms with Gasteiger partial charge in [-0.2, -0.15) is 0 Å². The number of amides is 1. The molecule has 0 radical (unpaired) electrons. The fourth-order valence-corrected chi connectivity index (χ4v) is 1.65. The predicted octanol–water partition coefficient (Wildman–Crippen LogP) is -0.535. The Labute approximate surface area is 121 Å². The lowest BCUT2D eigenvalue weighted by molar-refractivity contribution is -0.149. The van der Waals surface area contributed by atoms with Gasteiger partial charge in [0.05, 0.1) is 19.3 Å². The van der Waals surface area contributed by atoms with E-state index in [2.05, 4.69) is 20.0 Å². The van der Waals surface area contributed by atoms with Crippen molar-refractivity contribution in [1.82, 2.24) is 15.3 Å². The van der Waals surface area contributed by atoms with Crippen LogP contribution in [-0.2, 0) is 9.53 Å². The number of nitrogens with zero attached hydrogens (tertiary/aromatic N) is 1. The molecule has 3 N–H and O–H groups in total. The Balaban J connectivity index is 2.89. The summed E-state index contributed by atoms with van der Waals surface area (Å²) < 4.78 is 4.32. The average molecular weight is 297 g/mol. The van der Waals surface area contributed by atoms with Crippen molar-refractivity contribution < 1.29 is 19.4 Å². The smallest absolute Gasteiger partial charge is 0.336 e. The molecule has 116 valence electrons. The Morgan fingerprint density at radius 1 is 1.43 bits per heavy atom. The molecule has 1 amide bonds. The van der Waals surface area contributed by atoms with Crippen molar-refractivity contribution in [3.05, 3.63) is 27.4 Å². The maximum Gasteiger partial charge on any atom is 0.336 e. The molecule has 1 heterocycles. The molecule has 1 aromatic rings. The number of aromatic nitrogens is 2. The van der Waals surface area contributed by atoms with E-state index >= 15 is 0 Å². The first-order valence-corrected chi connectivity index (χ1v) is 6.42. The third-order valence-corrected chi connectivity index (χ3v) is 2.82. The SMILES string of the molecule is COC(=O)C(O)CNC(=O)c1c(C)nc(C(C)C)[nH]c1=O. The quantitative estimate of drug-likeness (QED) is 0.628. The number of hydrogen-bond donors (Lipinski definition) is 3. The number of carbonyl (C=O) groups is 2. The Kier molecular flexibility index (Phi) is 5.60. The highest BCUT2D eigenvalue weighted by atomic mass is 16.5. The lowest BCUT2D eigenvalue weighted by Crippen LogP contribution is -2.39. The molecule has 0 spiro atoms. The second-order valence-corrected chi connectivity index (χ2v) is 4.82. The number of nitrogens with one attached hydrogen (secondary N) is 2. The highest BCUT2D eigenvalue weighted by Crippen LogP contribution is 2.08. The molecule has 1 rings (SSSR count). The summed E-state index contributed by atoms with van der Waals surface area (Å²) in [7, 11) is 1.12. The van der Waals surface area contributed by atoms with Gasteiger partial charge in [-0.25, -0.2) is 9.78 Å². The van der Waals surface area contributed by atoms with Crippen LogP contribution in [-0.4, -0.2) is 46.7 Å². The summed E-state index contributed by atoms with van der Waals surface area (Å²) in [5.41, 5.74) is -0.416. The van der Waals surface area contributed by atoms with Gasteiger partial charge in [-0.1, -0.05) is 13.8 Å². The summed E-state index contributed by atoms with van der Waals surface area (Å²) in [6.45, 7) is 4.93. The van der Waals surface area contributed by atoms with Crippen molar-refractivity contribution in [3.63, 3.8) is 0 Å².